The third kappa shape index (κ3) is 3.32. The van der Waals surface area contributed by atoms with E-state index in [-0.39, 0.29) is 0 Å². The zero-order chi connectivity index (χ0) is 11.3. The molecule has 1 rings (SSSR count). The average Bonchev–Trinajstić information content (AvgIpc) is 2.61. The van der Waals surface area contributed by atoms with Crippen molar-refractivity contribution in [2.24, 2.45) is 13.0 Å². The maximum atomic E-state index is 5.14. The largest absolute Gasteiger partial charge is 0.384 e. The Morgan fingerprint density at radius 2 is 2.33 bits per heavy atom. The van der Waals surface area contributed by atoms with E-state index in [1.165, 1.54) is 0 Å². The Labute approximate surface area is 91.7 Å². The highest BCUT2D eigenvalue weighted by atomic mass is 16.5. The predicted octanol–water partition coefficient (Wildman–Crippen LogP) is 1.35. The number of imidazole rings is 1. The minimum absolute atomic E-state index is 0.301. The summed E-state index contributed by atoms with van der Waals surface area (Å²) in [5.74, 6) is 1.62. The van der Waals surface area contributed by atoms with Crippen LogP contribution in [0.1, 0.15) is 25.2 Å². The van der Waals surface area contributed by atoms with Crippen LogP contribution in [0.2, 0.25) is 0 Å². The summed E-state index contributed by atoms with van der Waals surface area (Å²) >= 11 is 0. The number of hydrogen-bond acceptors (Lipinski definition) is 3. The second kappa shape index (κ2) is 5.88. The zero-order valence-corrected chi connectivity index (χ0v) is 10.0. The molecule has 0 saturated heterocycles. The van der Waals surface area contributed by atoms with Gasteiger partial charge in [0.1, 0.15) is 5.82 Å². The number of nitrogens with one attached hydrogen (secondary N) is 1. The number of nitrogens with zero attached hydrogens (tertiary/aromatic N) is 2. The van der Waals surface area contributed by atoms with Crippen molar-refractivity contribution in [3.8, 4) is 0 Å². The topological polar surface area (TPSA) is 39.1 Å². The van der Waals surface area contributed by atoms with Crippen molar-refractivity contribution in [2.75, 3.05) is 20.8 Å². The van der Waals surface area contributed by atoms with Crippen LogP contribution in [0.4, 0.5) is 0 Å². The van der Waals surface area contributed by atoms with E-state index in [1.807, 2.05) is 26.5 Å². The van der Waals surface area contributed by atoms with Crippen LogP contribution in [0, 0.1) is 5.92 Å². The van der Waals surface area contributed by atoms with Crippen LogP contribution in [0.25, 0.3) is 0 Å². The Hall–Kier alpha value is -0.870. The molecule has 2 atom stereocenters. The molecule has 15 heavy (non-hydrogen) atoms. The molecule has 1 heterocycles. The molecule has 1 aromatic heterocycles. The molecule has 0 aliphatic heterocycles. The Morgan fingerprint density at radius 3 is 2.80 bits per heavy atom. The van der Waals surface area contributed by atoms with Crippen molar-refractivity contribution < 1.29 is 4.74 Å². The van der Waals surface area contributed by atoms with Gasteiger partial charge < -0.3 is 14.6 Å². The molecule has 0 radical (unpaired) electrons. The summed E-state index contributed by atoms with van der Waals surface area (Å²) in [5.41, 5.74) is 0. The summed E-state index contributed by atoms with van der Waals surface area (Å²) in [7, 11) is 5.73. The van der Waals surface area contributed by atoms with Crippen molar-refractivity contribution in [1.82, 2.24) is 14.9 Å². The molecule has 4 heteroatoms. The minimum Gasteiger partial charge on any atom is -0.384 e. The fraction of sp³-hybridized carbons (Fsp3) is 0.727. The highest BCUT2D eigenvalue weighted by molar-refractivity contribution is 4.98. The summed E-state index contributed by atoms with van der Waals surface area (Å²) < 4.78 is 7.20. The minimum atomic E-state index is 0.301. The third-order valence-electron chi connectivity index (χ3n) is 2.61. The highest BCUT2D eigenvalue weighted by Gasteiger charge is 2.16. The molecular weight excluding hydrogens is 190 g/mol. The Bertz CT molecular complexity index is 285. The van der Waals surface area contributed by atoms with Gasteiger partial charge in [-0.2, -0.15) is 0 Å². The summed E-state index contributed by atoms with van der Waals surface area (Å²) in [6.07, 6.45) is 4.84. The molecule has 4 nitrogen and oxygen atoms in total. The molecule has 0 fully saturated rings. The molecule has 0 saturated carbocycles. The van der Waals surface area contributed by atoms with Gasteiger partial charge in [0.2, 0.25) is 0 Å². The zero-order valence-electron chi connectivity index (χ0n) is 10.0. The molecular formula is C11H21N3O. The van der Waals surface area contributed by atoms with Crippen molar-refractivity contribution in [2.45, 2.75) is 19.4 Å². The molecule has 0 amide bonds. The van der Waals surface area contributed by atoms with Crippen LogP contribution in [0.15, 0.2) is 12.4 Å². The molecule has 0 aliphatic rings. The quantitative estimate of drug-likeness (QED) is 0.772. The lowest BCUT2D eigenvalue weighted by molar-refractivity contribution is 0.149. The first-order valence-electron chi connectivity index (χ1n) is 5.32. The summed E-state index contributed by atoms with van der Waals surface area (Å²) in [5, 5.41) is 3.30. The number of aromatic nitrogens is 2. The lowest BCUT2D eigenvalue weighted by atomic mass is 10.0. The monoisotopic (exact) mass is 211 g/mol. The number of aryl methyl sites for hydroxylation is 1. The van der Waals surface area contributed by atoms with Gasteiger partial charge in [0.25, 0.3) is 0 Å². The van der Waals surface area contributed by atoms with Gasteiger partial charge in [-0.25, -0.2) is 4.98 Å². The first-order chi connectivity index (χ1) is 7.19. The van der Waals surface area contributed by atoms with Gasteiger partial charge in [-0.15, -0.1) is 0 Å². The van der Waals surface area contributed by atoms with Crippen LogP contribution in [-0.4, -0.2) is 30.3 Å². The van der Waals surface area contributed by atoms with Gasteiger partial charge in [-0.1, -0.05) is 6.92 Å². The first-order valence-corrected chi connectivity index (χ1v) is 5.32. The highest BCUT2D eigenvalue weighted by Crippen LogP contribution is 2.19. The summed E-state index contributed by atoms with van der Waals surface area (Å²) in [6, 6.07) is 0.301. The Morgan fingerprint density at radius 1 is 1.60 bits per heavy atom. The predicted molar refractivity (Wildman–Crippen MR) is 60.7 cm³/mol. The van der Waals surface area contributed by atoms with Gasteiger partial charge in [-0.3, -0.25) is 0 Å². The second-order valence-corrected chi connectivity index (χ2v) is 4.03. The SMILES string of the molecule is CNC(CC(C)COC)c1nccn1C. The third-order valence-corrected chi connectivity index (χ3v) is 2.61. The van der Waals surface area contributed by atoms with Gasteiger partial charge >= 0.3 is 0 Å². The van der Waals surface area contributed by atoms with Crippen LogP contribution in [-0.2, 0) is 11.8 Å². The van der Waals surface area contributed by atoms with Crippen LogP contribution < -0.4 is 5.32 Å². The van der Waals surface area contributed by atoms with E-state index < -0.39 is 0 Å². The van der Waals surface area contributed by atoms with E-state index in [0.717, 1.165) is 18.9 Å². The van der Waals surface area contributed by atoms with E-state index in [1.54, 1.807) is 7.11 Å². The Balaban J connectivity index is 2.60. The molecule has 1 aromatic rings. The maximum Gasteiger partial charge on any atom is 0.125 e. The smallest absolute Gasteiger partial charge is 0.125 e. The molecule has 0 bridgehead atoms. The van der Waals surface area contributed by atoms with Gasteiger partial charge in [-0.05, 0) is 19.4 Å². The van der Waals surface area contributed by atoms with Crippen LogP contribution in [0.5, 0.6) is 0 Å². The van der Waals surface area contributed by atoms with Gasteiger partial charge in [0, 0.05) is 33.2 Å². The standard InChI is InChI=1S/C11H21N3O/c1-9(8-15-4)7-10(12-2)11-13-5-6-14(11)3/h5-6,9-10,12H,7-8H2,1-4H3. The van der Waals surface area contributed by atoms with E-state index in [2.05, 4.69) is 21.8 Å². The summed E-state index contributed by atoms with van der Waals surface area (Å²) in [6.45, 7) is 2.99. The fourth-order valence-electron chi connectivity index (χ4n) is 1.82. The number of rotatable bonds is 6. The van der Waals surface area contributed by atoms with Crippen molar-refractivity contribution >= 4 is 0 Å². The van der Waals surface area contributed by atoms with Crippen molar-refractivity contribution in [3.05, 3.63) is 18.2 Å². The number of hydrogen-bond donors (Lipinski definition) is 1. The van der Waals surface area contributed by atoms with Gasteiger partial charge in [0.05, 0.1) is 6.04 Å². The van der Waals surface area contributed by atoms with E-state index in [0.29, 0.717) is 12.0 Å². The van der Waals surface area contributed by atoms with E-state index >= 15 is 0 Å². The van der Waals surface area contributed by atoms with E-state index in [4.69, 9.17) is 4.74 Å². The number of ether oxygens (including phenoxy) is 1. The lowest BCUT2D eigenvalue weighted by Crippen LogP contribution is -2.23. The molecule has 0 spiro atoms. The fourth-order valence-corrected chi connectivity index (χ4v) is 1.82. The second-order valence-electron chi connectivity index (χ2n) is 4.03. The molecule has 2 unspecified atom stereocenters. The molecule has 86 valence electrons. The van der Waals surface area contributed by atoms with Crippen LogP contribution >= 0.6 is 0 Å². The van der Waals surface area contributed by atoms with Gasteiger partial charge in [0.15, 0.2) is 0 Å². The van der Waals surface area contributed by atoms with Crippen molar-refractivity contribution in [1.29, 1.82) is 0 Å². The maximum absolute atomic E-state index is 5.14. The van der Waals surface area contributed by atoms with Crippen LogP contribution in [0.3, 0.4) is 0 Å². The lowest BCUT2D eigenvalue weighted by Gasteiger charge is -2.19. The molecule has 1 N–H and O–H groups in total. The van der Waals surface area contributed by atoms with Crippen molar-refractivity contribution in [3.63, 3.8) is 0 Å². The Kier molecular flexibility index (Phi) is 4.78. The first kappa shape index (κ1) is 12.2. The molecule has 0 aliphatic carbocycles. The number of methoxy groups -OCH3 is 1. The molecule has 0 aromatic carbocycles. The average molecular weight is 211 g/mol. The normalized spacial score (nSPS) is 15.2. The summed E-state index contributed by atoms with van der Waals surface area (Å²) in [4.78, 5) is 4.36. The van der Waals surface area contributed by atoms with E-state index in [9.17, 15) is 0 Å².